The van der Waals surface area contributed by atoms with E-state index in [-0.39, 0.29) is 0 Å². The van der Waals surface area contributed by atoms with Crippen LogP contribution in [0, 0.1) is 5.92 Å². The molecule has 0 bridgehead atoms. The fourth-order valence-corrected chi connectivity index (χ4v) is 4.62. The molecule has 0 aliphatic heterocycles. The van der Waals surface area contributed by atoms with Crippen molar-refractivity contribution in [3.63, 3.8) is 0 Å². The maximum atomic E-state index is 6.01. The number of pyridine rings is 1. The molecule has 1 aliphatic carbocycles. The Balaban J connectivity index is 1.73. The van der Waals surface area contributed by atoms with Crippen LogP contribution in [0.3, 0.4) is 0 Å². The highest BCUT2D eigenvalue weighted by atomic mass is 32.2. The quantitative estimate of drug-likeness (QED) is 0.924. The number of rotatable bonds is 4. The number of benzene rings is 1. The molecule has 0 amide bonds. The van der Waals surface area contributed by atoms with Crippen molar-refractivity contribution in [3.8, 4) is 0 Å². The van der Waals surface area contributed by atoms with E-state index in [1.165, 1.54) is 29.7 Å². The molecule has 3 heteroatoms. The number of thioether (sulfide) groups is 1. The van der Waals surface area contributed by atoms with Crippen LogP contribution in [0.25, 0.3) is 0 Å². The lowest BCUT2D eigenvalue weighted by Gasteiger charge is -2.35. The molecule has 2 nitrogen and oxygen atoms in total. The van der Waals surface area contributed by atoms with E-state index in [0.29, 0.717) is 17.1 Å². The topological polar surface area (TPSA) is 38.9 Å². The summed E-state index contributed by atoms with van der Waals surface area (Å²) >= 11 is 1.98. The Bertz CT molecular complexity index is 544. The SMILES string of the molecule is NCC1CCC(c2ccccc2)CC1Sc1ccncc1. The minimum absolute atomic E-state index is 0.608. The van der Waals surface area contributed by atoms with Gasteiger partial charge >= 0.3 is 0 Å². The molecule has 3 atom stereocenters. The van der Waals surface area contributed by atoms with E-state index in [2.05, 4.69) is 47.4 Å². The van der Waals surface area contributed by atoms with E-state index in [9.17, 15) is 0 Å². The number of nitrogens with zero attached hydrogens (tertiary/aromatic N) is 1. The molecule has 1 aliphatic rings. The first-order valence-electron chi connectivity index (χ1n) is 7.68. The van der Waals surface area contributed by atoms with Gasteiger partial charge in [0, 0.05) is 22.5 Å². The van der Waals surface area contributed by atoms with Gasteiger partial charge in [-0.25, -0.2) is 0 Å². The summed E-state index contributed by atoms with van der Waals surface area (Å²) in [5.74, 6) is 1.30. The van der Waals surface area contributed by atoms with Crippen LogP contribution in [0.2, 0.25) is 0 Å². The summed E-state index contributed by atoms with van der Waals surface area (Å²) in [5.41, 5.74) is 7.49. The molecule has 110 valence electrons. The molecule has 2 N–H and O–H groups in total. The van der Waals surface area contributed by atoms with E-state index in [0.717, 1.165) is 6.54 Å². The molecular weight excluding hydrogens is 276 g/mol. The van der Waals surface area contributed by atoms with Crippen molar-refractivity contribution in [1.82, 2.24) is 4.98 Å². The first kappa shape index (κ1) is 14.6. The minimum atomic E-state index is 0.608. The normalized spacial score (nSPS) is 25.7. The second kappa shape index (κ2) is 7.10. The zero-order valence-electron chi connectivity index (χ0n) is 12.2. The lowest BCUT2D eigenvalue weighted by molar-refractivity contribution is 0.344. The van der Waals surface area contributed by atoms with Gasteiger partial charge in [-0.1, -0.05) is 30.3 Å². The van der Waals surface area contributed by atoms with Crippen molar-refractivity contribution in [2.75, 3.05) is 6.54 Å². The summed E-state index contributed by atoms with van der Waals surface area (Å²) in [4.78, 5) is 5.41. The third kappa shape index (κ3) is 3.66. The average molecular weight is 298 g/mol. The third-order valence-electron chi connectivity index (χ3n) is 4.44. The molecule has 0 spiro atoms. The van der Waals surface area contributed by atoms with Gasteiger partial charge in [-0.15, -0.1) is 11.8 Å². The molecule has 1 heterocycles. The number of nitrogens with two attached hydrogens (primary N) is 1. The van der Waals surface area contributed by atoms with E-state index in [1.54, 1.807) is 0 Å². The Morgan fingerprint density at radius 2 is 1.81 bits per heavy atom. The van der Waals surface area contributed by atoms with Crippen molar-refractivity contribution in [2.45, 2.75) is 35.3 Å². The largest absolute Gasteiger partial charge is 0.330 e. The van der Waals surface area contributed by atoms with Crippen molar-refractivity contribution >= 4 is 11.8 Å². The first-order chi connectivity index (χ1) is 10.4. The Labute approximate surface area is 131 Å². The van der Waals surface area contributed by atoms with Crippen molar-refractivity contribution in [3.05, 3.63) is 60.4 Å². The highest BCUT2D eigenvalue weighted by molar-refractivity contribution is 8.00. The van der Waals surface area contributed by atoms with Crippen LogP contribution < -0.4 is 5.73 Å². The molecule has 21 heavy (non-hydrogen) atoms. The summed E-state index contributed by atoms with van der Waals surface area (Å²) in [6, 6.07) is 15.1. The van der Waals surface area contributed by atoms with Crippen molar-refractivity contribution < 1.29 is 0 Å². The number of aromatic nitrogens is 1. The van der Waals surface area contributed by atoms with Crippen LogP contribution in [-0.2, 0) is 0 Å². The highest BCUT2D eigenvalue weighted by Gasteiger charge is 2.31. The molecule has 1 fully saturated rings. The Hall–Kier alpha value is -1.32. The molecule has 3 rings (SSSR count). The molecule has 2 aromatic rings. The Kier molecular flexibility index (Phi) is 4.94. The first-order valence-corrected chi connectivity index (χ1v) is 8.56. The van der Waals surface area contributed by atoms with Gasteiger partial charge in [0.2, 0.25) is 0 Å². The van der Waals surface area contributed by atoms with Gasteiger partial charge in [0.25, 0.3) is 0 Å². The third-order valence-corrected chi connectivity index (χ3v) is 5.86. The van der Waals surface area contributed by atoms with Gasteiger partial charge in [0.05, 0.1) is 0 Å². The summed E-state index contributed by atoms with van der Waals surface area (Å²) in [6.45, 7) is 0.796. The monoisotopic (exact) mass is 298 g/mol. The fraction of sp³-hybridized carbons (Fsp3) is 0.389. The molecule has 0 saturated heterocycles. The summed E-state index contributed by atoms with van der Waals surface area (Å²) < 4.78 is 0. The molecule has 1 aromatic heterocycles. The van der Waals surface area contributed by atoms with E-state index in [1.807, 2.05) is 24.2 Å². The van der Waals surface area contributed by atoms with Crippen LogP contribution in [0.4, 0.5) is 0 Å². The van der Waals surface area contributed by atoms with Gasteiger partial charge in [0.1, 0.15) is 0 Å². The smallest absolute Gasteiger partial charge is 0.0278 e. The van der Waals surface area contributed by atoms with Crippen LogP contribution in [0.15, 0.2) is 59.8 Å². The van der Waals surface area contributed by atoms with Crippen LogP contribution >= 0.6 is 11.8 Å². The second-order valence-electron chi connectivity index (χ2n) is 5.76. The van der Waals surface area contributed by atoms with E-state index in [4.69, 9.17) is 5.73 Å². The van der Waals surface area contributed by atoms with Crippen LogP contribution in [0.1, 0.15) is 30.7 Å². The zero-order valence-corrected chi connectivity index (χ0v) is 13.0. The molecular formula is C18H22N2S. The fourth-order valence-electron chi connectivity index (χ4n) is 3.23. The zero-order chi connectivity index (χ0) is 14.5. The van der Waals surface area contributed by atoms with Gasteiger partial charge in [-0.2, -0.15) is 0 Å². The van der Waals surface area contributed by atoms with Crippen molar-refractivity contribution in [2.24, 2.45) is 11.7 Å². The predicted octanol–water partition coefficient (Wildman–Crippen LogP) is 4.08. The van der Waals surface area contributed by atoms with E-state index < -0.39 is 0 Å². The molecule has 3 unspecified atom stereocenters. The molecule has 1 saturated carbocycles. The lowest BCUT2D eigenvalue weighted by Crippen LogP contribution is -2.31. The lowest BCUT2D eigenvalue weighted by atomic mass is 9.78. The maximum Gasteiger partial charge on any atom is 0.0278 e. The summed E-state index contributed by atoms with van der Waals surface area (Å²) in [5, 5.41) is 0.608. The molecule has 0 radical (unpaired) electrons. The van der Waals surface area contributed by atoms with Gasteiger partial charge in [0.15, 0.2) is 0 Å². The van der Waals surface area contributed by atoms with Crippen LogP contribution in [-0.4, -0.2) is 16.8 Å². The number of hydrogen-bond donors (Lipinski definition) is 1. The Morgan fingerprint density at radius 3 is 2.52 bits per heavy atom. The van der Waals surface area contributed by atoms with Gasteiger partial charge in [-0.3, -0.25) is 4.98 Å². The Morgan fingerprint density at radius 1 is 1.05 bits per heavy atom. The van der Waals surface area contributed by atoms with Crippen LogP contribution in [0.5, 0.6) is 0 Å². The summed E-state index contributed by atoms with van der Waals surface area (Å²) in [6.07, 6.45) is 7.46. The highest BCUT2D eigenvalue weighted by Crippen LogP contribution is 2.43. The standard InChI is InChI=1S/C18H22N2S/c19-13-16-7-6-15(14-4-2-1-3-5-14)12-18(16)21-17-8-10-20-11-9-17/h1-5,8-11,15-16,18H,6-7,12-13,19H2. The minimum Gasteiger partial charge on any atom is -0.330 e. The van der Waals surface area contributed by atoms with Crippen molar-refractivity contribution in [1.29, 1.82) is 0 Å². The molecule has 1 aromatic carbocycles. The van der Waals surface area contributed by atoms with Gasteiger partial charge < -0.3 is 5.73 Å². The number of hydrogen-bond acceptors (Lipinski definition) is 3. The van der Waals surface area contributed by atoms with E-state index >= 15 is 0 Å². The van der Waals surface area contributed by atoms with Gasteiger partial charge in [-0.05, 0) is 55.3 Å². The second-order valence-corrected chi connectivity index (χ2v) is 7.07. The summed E-state index contributed by atoms with van der Waals surface area (Å²) in [7, 11) is 0. The average Bonchev–Trinajstić information content (AvgIpc) is 2.56. The predicted molar refractivity (Wildman–Crippen MR) is 89.5 cm³/mol. The maximum absolute atomic E-state index is 6.01.